The Hall–Kier alpha value is -0.800. The molecule has 0 bridgehead atoms. The van der Waals surface area contributed by atoms with Gasteiger partial charge in [0, 0.05) is 5.56 Å². The zero-order chi connectivity index (χ0) is 20.1. The Kier molecular flexibility index (Phi) is 3.88. The van der Waals surface area contributed by atoms with Crippen LogP contribution in [0.3, 0.4) is 0 Å². The van der Waals surface area contributed by atoms with Gasteiger partial charge in [-0.05, 0) is 85.5 Å². The van der Waals surface area contributed by atoms with Crippen LogP contribution >= 0.6 is 0 Å². The van der Waals surface area contributed by atoms with Gasteiger partial charge in [0.2, 0.25) is 0 Å². The Balaban J connectivity index is 1.63. The number of furan rings is 1. The van der Waals surface area contributed by atoms with E-state index < -0.39 is 17.6 Å². The standard InChI is InChI=1S/C25H38O3/c1-22(2)9-6-10-23(3)17(22)7-11-24(4)18(23)14-20(27)25(5)19(24)13-16(26)15-8-12-28-21(15)25/h8,12,16-20,26-27H,6-7,9-11,13-14H2,1-5H3/t16-,17?,18?,19?,20-,23-,24+,25+/m0/s1. The van der Waals surface area contributed by atoms with Gasteiger partial charge in [-0.15, -0.1) is 0 Å². The van der Waals surface area contributed by atoms with Gasteiger partial charge in [0.05, 0.1) is 23.9 Å². The molecule has 0 aromatic carbocycles. The quantitative estimate of drug-likeness (QED) is 0.610. The maximum absolute atomic E-state index is 11.6. The third-order valence-electron chi connectivity index (χ3n) is 10.5. The average molecular weight is 387 g/mol. The Bertz CT molecular complexity index is 781. The number of hydrogen-bond donors (Lipinski definition) is 2. The second kappa shape index (κ2) is 5.66. The van der Waals surface area contributed by atoms with Crippen molar-refractivity contribution in [2.24, 2.45) is 34.0 Å². The smallest absolute Gasteiger partial charge is 0.118 e. The lowest BCUT2D eigenvalue weighted by molar-refractivity contribution is -0.215. The molecule has 0 spiro atoms. The minimum atomic E-state index is -0.470. The summed E-state index contributed by atoms with van der Waals surface area (Å²) < 4.78 is 5.94. The van der Waals surface area contributed by atoms with E-state index in [2.05, 4.69) is 34.6 Å². The summed E-state index contributed by atoms with van der Waals surface area (Å²) in [4.78, 5) is 0. The summed E-state index contributed by atoms with van der Waals surface area (Å²) in [5.41, 5.74) is 1.32. The van der Waals surface area contributed by atoms with Crippen LogP contribution in [0, 0.1) is 34.0 Å². The molecule has 8 atom stereocenters. The minimum absolute atomic E-state index is 0.137. The Morgan fingerprint density at radius 3 is 2.36 bits per heavy atom. The summed E-state index contributed by atoms with van der Waals surface area (Å²) in [6.07, 6.45) is 8.83. The molecule has 3 fully saturated rings. The molecule has 3 saturated carbocycles. The third-order valence-corrected chi connectivity index (χ3v) is 10.5. The summed E-state index contributed by atoms with van der Waals surface area (Å²) in [5, 5.41) is 22.5. The molecule has 0 saturated heterocycles. The van der Waals surface area contributed by atoms with E-state index in [9.17, 15) is 10.2 Å². The Labute approximate surface area is 169 Å². The molecule has 4 aliphatic carbocycles. The molecule has 0 amide bonds. The highest BCUT2D eigenvalue weighted by molar-refractivity contribution is 5.36. The molecule has 0 aliphatic heterocycles. The van der Waals surface area contributed by atoms with Crippen molar-refractivity contribution in [3.63, 3.8) is 0 Å². The lowest BCUT2D eigenvalue weighted by Crippen LogP contribution is -2.66. The molecule has 4 aliphatic rings. The van der Waals surface area contributed by atoms with E-state index in [0.29, 0.717) is 11.3 Å². The number of aliphatic hydroxyl groups excluding tert-OH is 2. The molecule has 28 heavy (non-hydrogen) atoms. The number of hydrogen-bond acceptors (Lipinski definition) is 3. The van der Waals surface area contributed by atoms with Gasteiger partial charge < -0.3 is 14.6 Å². The molecule has 3 nitrogen and oxygen atoms in total. The van der Waals surface area contributed by atoms with Crippen LogP contribution in [-0.2, 0) is 5.41 Å². The molecule has 156 valence electrons. The van der Waals surface area contributed by atoms with Crippen LogP contribution in [0.1, 0.15) is 97.0 Å². The largest absolute Gasteiger partial charge is 0.468 e. The number of fused-ring (bicyclic) bond motifs is 7. The Morgan fingerprint density at radius 1 is 0.893 bits per heavy atom. The second-order valence-electron chi connectivity index (χ2n) is 12.0. The molecule has 0 radical (unpaired) electrons. The zero-order valence-corrected chi connectivity index (χ0v) is 18.3. The van der Waals surface area contributed by atoms with Crippen molar-refractivity contribution >= 4 is 0 Å². The van der Waals surface area contributed by atoms with Crippen molar-refractivity contribution in [1.29, 1.82) is 0 Å². The monoisotopic (exact) mass is 386 g/mol. The van der Waals surface area contributed by atoms with Gasteiger partial charge in [0.15, 0.2) is 0 Å². The van der Waals surface area contributed by atoms with Crippen LogP contribution in [-0.4, -0.2) is 16.3 Å². The molecule has 3 heteroatoms. The van der Waals surface area contributed by atoms with E-state index in [-0.39, 0.29) is 16.7 Å². The number of aliphatic hydroxyl groups is 2. The van der Waals surface area contributed by atoms with Crippen molar-refractivity contribution in [3.8, 4) is 0 Å². The van der Waals surface area contributed by atoms with Crippen molar-refractivity contribution in [1.82, 2.24) is 0 Å². The number of rotatable bonds is 0. The first-order chi connectivity index (χ1) is 13.0. The van der Waals surface area contributed by atoms with Gasteiger partial charge in [0.1, 0.15) is 5.76 Å². The molecular weight excluding hydrogens is 348 g/mol. The molecule has 3 unspecified atom stereocenters. The lowest BCUT2D eigenvalue weighted by Gasteiger charge is -2.69. The van der Waals surface area contributed by atoms with E-state index in [0.717, 1.165) is 30.1 Å². The first kappa shape index (κ1) is 19.2. The van der Waals surface area contributed by atoms with Crippen LogP contribution in [0.2, 0.25) is 0 Å². The van der Waals surface area contributed by atoms with E-state index in [4.69, 9.17) is 4.42 Å². The first-order valence-electron chi connectivity index (χ1n) is 11.5. The SMILES string of the molecule is CC1(C)CCC[C@@]2(C)C1CC[C@]1(C)C2C[C@H](O)[C@]2(C)c3occc3[C@@H](O)CC12. The van der Waals surface area contributed by atoms with Gasteiger partial charge >= 0.3 is 0 Å². The molecule has 1 aromatic rings. The fourth-order valence-corrected chi connectivity index (χ4v) is 9.22. The van der Waals surface area contributed by atoms with Crippen LogP contribution in [0.25, 0.3) is 0 Å². The van der Waals surface area contributed by atoms with Gasteiger partial charge in [0.25, 0.3) is 0 Å². The average Bonchev–Trinajstić information content (AvgIpc) is 3.10. The highest BCUT2D eigenvalue weighted by Crippen LogP contribution is 2.72. The van der Waals surface area contributed by atoms with Gasteiger partial charge in [-0.2, -0.15) is 0 Å². The van der Waals surface area contributed by atoms with Crippen molar-refractivity contribution < 1.29 is 14.6 Å². The van der Waals surface area contributed by atoms with E-state index in [1.165, 1.54) is 32.1 Å². The summed E-state index contributed by atoms with van der Waals surface area (Å²) in [6, 6.07) is 1.91. The summed E-state index contributed by atoms with van der Waals surface area (Å²) in [7, 11) is 0. The fraction of sp³-hybridized carbons (Fsp3) is 0.840. The Morgan fingerprint density at radius 2 is 1.61 bits per heavy atom. The van der Waals surface area contributed by atoms with Crippen molar-refractivity contribution in [3.05, 3.63) is 23.7 Å². The van der Waals surface area contributed by atoms with Crippen molar-refractivity contribution in [2.75, 3.05) is 0 Å². The molecular formula is C25H38O3. The van der Waals surface area contributed by atoms with Gasteiger partial charge in [-0.1, -0.05) is 34.1 Å². The van der Waals surface area contributed by atoms with Gasteiger partial charge in [-0.3, -0.25) is 0 Å². The summed E-state index contributed by atoms with van der Waals surface area (Å²) in [5.74, 6) is 2.34. The minimum Gasteiger partial charge on any atom is -0.468 e. The van der Waals surface area contributed by atoms with Crippen LogP contribution in [0.15, 0.2) is 16.7 Å². The summed E-state index contributed by atoms with van der Waals surface area (Å²) in [6.45, 7) is 12.2. The first-order valence-corrected chi connectivity index (χ1v) is 11.5. The second-order valence-corrected chi connectivity index (χ2v) is 12.0. The maximum atomic E-state index is 11.6. The summed E-state index contributed by atoms with van der Waals surface area (Å²) >= 11 is 0. The normalized spacial score (nSPS) is 52.2. The van der Waals surface area contributed by atoms with E-state index in [1.54, 1.807) is 6.26 Å². The van der Waals surface area contributed by atoms with E-state index >= 15 is 0 Å². The lowest BCUT2D eigenvalue weighted by atomic mass is 9.35. The highest BCUT2D eigenvalue weighted by atomic mass is 16.3. The molecule has 1 aromatic heterocycles. The van der Waals surface area contributed by atoms with Crippen molar-refractivity contribution in [2.45, 2.75) is 97.2 Å². The maximum Gasteiger partial charge on any atom is 0.118 e. The van der Waals surface area contributed by atoms with E-state index in [1.807, 2.05) is 6.07 Å². The van der Waals surface area contributed by atoms with Gasteiger partial charge in [-0.25, -0.2) is 0 Å². The predicted molar refractivity (Wildman–Crippen MR) is 110 cm³/mol. The third kappa shape index (κ3) is 2.13. The predicted octanol–water partition coefficient (Wildman–Crippen LogP) is 5.60. The highest BCUT2D eigenvalue weighted by Gasteiger charge is 2.68. The molecule has 5 rings (SSSR count). The zero-order valence-electron chi connectivity index (χ0n) is 18.3. The molecule has 2 N–H and O–H groups in total. The topological polar surface area (TPSA) is 53.6 Å². The van der Waals surface area contributed by atoms with Crippen LogP contribution < -0.4 is 0 Å². The van der Waals surface area contributed by atoms with Crippen LogP contribution in [0.5, 0.6) is 0 Å². The molecule has 1 heterocycles. The fourth-order valence-electron chi connectivity index (χ4n) is 9.22. The van der Waals surface area contributed by atoms with Crippen LogP contribution in [0.4, 0.5) is 0 Å².